The van der Waals surface area contributed by atoms with Crippen molar-refractivity contribution in [3.8, 4) is 6.07 Å². The van der Waals surface area contributed by atoms with Gasteiger partial charge in [-0.2, -0.15) is 5.26 Å². The summed E-state index contributed by atoms with van der Waals surface area (Å²) in [6.07, 6.45) is 0.464. The average molecular weight is 268 g/mol. The van der Waals surface area contributed by atoms with Gasteiger partial charge in [-0.25, -0.2) is 8.78 Å². The number of anilines is 1. The van der Waals surface area contributed by atoms with Crippen LogP contribution < -0.4 is 5.32 Å². The Balaban J connectivity index is 1.98. The second-order valence-corrected chi connectivity index (χ2v) is 4.43. The number of hydrogen-bond acceptors (Lipinski definition) is 4. The number of halogens is 2. The highest BCUT2D eigenvalue weighted by Gasteiger charge is 2.30. The van der Waals surface area contributed by atoms with Crippen LogP contribution in [0.4, 0.5) is 14.5 Å². The Morgan fingerprint density at radius 1 is 1.32 bits per heavy atom. The third kappa shape index (κ3) is 3.19. The summed E-state index contributed by atoms with van der Waals surface area (Å²) in [6.45, 7) is 3.13. The fourth-order valence-electron chi connectivity index (χ4n) is 1.92. The lowest BCUT2D eigenvalue weighted by Crippen LogP contribution is -2.28. The zero-order valence-corrected chi connectivity index (χ0v) is 10.5. The summed E-state index contributed by atoms with van der Waals surface area (Å²) >= 11 is 0. The van der Waals surface area contributed by atoms with Crippen LogP contribution >= 0.6 is 0 Å². The highest BCUT2D eigenvalue weighted by Crippen LogP contribution is 2.24. The van der Waals surface area contributed by atoms with E-state index in [1.54, 1.807) is 13.0 Å². The van der Waals surface area contributed by atoms with Crippen LogP contribution in [0.25, 0.3) is 0 Å². The van der Waals surface area contributed by atoms with Crippen molar-refractivity contribution in [2.45, 2.75) is 19.1 Å². The van der Waals surface area contributed by atoms with Crippen molar-refractivity contribution in [2.24, 2.45) is 0 Å². The maximum atomic E-state index is 13.6. The molecule has 0 radical (unpaired) electrons. The van der Waals surface area contributed by atoms with Gasteiger partial charge in [-0.1, -0.05) is 0 Å². The molecule has 0 spiro atoms. The topological polar surface area (TPSA) is 54.3 Å². The molecule has 1 heterocycles. The van der Waals surface area contributed by atoms with Gasteiger partial charge in [0.15, 0.2) is 17.4 Å². The van der Waals surface area contributed by atoms with Crippen molar-refractivity contribution >= 4 is 5.69 Å². The molecule has 0 bridgehead atoms. The highest BCUT2D eigenvalue weighted by atomic mass is 19.1. The fraction of sp³-hybridized carbons (Fsp3) is 0.462. The van der Waals surface area contributed by atoms with Crippen molar-refractivity contribution in [3.05, 3.63) is 29.3 Å². The predicted molar refractivity (Wildman–Crippen MR) is 64.5 cm³/mol. The van der Waals surface area contributed by atoms with Gasteiger partial charge >= 0.3 is 0 Å². The maximum Gasteiger partial charge on any atom is 0.167 e. The van der Waals surface area contributed by atoms with Crippen molar-refractivity contribution in [1.82, 2.24) is 0 Å². The quantitative estimate of drug-likeness (QED) is 0.911. The first-order valence-corrected chi connectivity index (χ1v) is 5.95. The van der Waals surface area contributed by atoms with Gasteiger partial charge in [0.1, 0.15) is 5.69 Å². The molecule has 0 amide bonds. The molecule has 1 aliphatic heterocycles. The van der Waals surface area contributed by atoms with Crippen LogP contribution in [-0.4, -0.2) is 25.5 Å². The fourth-order valence-corrected chi connectivity index (χ4v) is 1.92. The third-order valence-electron chi connectivity index (χ3n) is 2.95. The second-order valence-electron chi connectivity index (χ2n) is 4.43. The number of benzene rings is 1. The first-order chi connectivity index (χ1) is 9.04. The first kappa shape index (κ1) is 13.7. The molecule has 0 unspecified atom stereocenters. The molecule has 0 aliphatic carbocycles. The molecular weight excluding hydrogens is 254 g/mol. The Kier molecular flexibility index (Phi) is 3.98. The summed E-state index contributed by atoms with van der Waals surface area (Å²) in [4.78, 5) is 0. The molecule has 4 nitrogen and oxygen atoms in total. The molecule has 0 saturated carbocycles. The third-order valence-corrected chi connectivity index (χ3v) is 2.95. The number of rotatable bonds is 4. The molecule has 1 saturated heterocycles. The molecule has 1 aliphatic rings. The minimum Gasteiger partial charge on any atom is -0.380 e. The van der Waals surface area contributed by atoms with Crippen LogP contribution in [-0.2, 0) is 9.47 Å². The monoisotopic (exact) mass is 268 g/mol. The molecule has 0 aromatic heterocycles. The molecule has 0 atom stereocenters. The Bertz CT molecular complexity index is 485. The van der Waals surface area contributed by atoms with E-state index in [1.807, 2.05) is 0 Å². The number of nitriles is 1. The van der Waals surface area contributed by atoms with Crippen LogP contribution in [0.3, 0.4) is 0 Å². The lowest BCUT2D eigenvalue weighted by molar-refractivity contribution is -0.144. The van der Waals surface area contributed by atoms with Crippen LogP contribution in [0.15, 0.2) is 12.1 Å². The van der Waals surface area contributed by atoms with Crippen LogP contribution in [0.1, 0.15) is 18.9 Å². The van der Waals surface area contributed by atoms with Crippen molar-refractivity contribution in [3.63, 3.8) is 0 Å². The number of ether oxygens (including phenoxy) is 2. The number of nitrogens with one attached hydrogen (secondary N) is 1. The standard InChI is InChI=1S/C13H14F2N2O2/c1-13(18-4-5-19-13)2-3-17-12-10(14)6-9(8-16)7-11(12)15/h6-7,17H,2-5H2,1H3. The van der Waals surface area contributed by atoms with Gasteiger partial charge in [-0.15, -0.1) is 0 Å². The molecule has 1 fully saturated rings. The smallest absolute Gasteiger partial charge is 0.167 e. The average Bonchev–Trinajstić information content (AvgIpc) is 2.79. The normalized spacial score (nSPS) is 17.2. The van der Waals surface area contributed by atoms with Crippen molar-refractivity contribution < 1.29 is 18.3 Å². The highest BCUT2D eigenvalue weighted by molar-refractivity contribution is 5.50. The Hall–Kier alpha value is -1.71. The van der Waals surface area contributed by atoms with E-state index in [4.69, 9.17) is 14.7 Å². The van der Waals surface area contributed by atoms with Gasteiger partial charge < -0.3 is 14.8 Å². The minimum absolute atomic E-state index is 0.0463. The van der Waals surface area contributed by atoms with E-state index in [0.29, 0.717) is 26.2 Å². The van der Waals surface area contributed by atoms with E-state index in [0.717, 1.165) is 12.1 Å². The lowest BCUT2D eigenvalue weighted by Gasteiger charge is -2.22. The molecule has 19 heavy (non-hydrogen) atoms. The van der Waals surface area contributed by atoms with Crippen LogP contribution in [0.5, 0.6) is 0 Å². The van der Waals surface area contributed by atoms with Gasteiger partial charge in [0.2, 0.25) is 0 Å². The van der Waals surface area contributed by atoms with E-state index < -0.39 is 17.4 Å². The molecular formula is C13H14F2N2O2. The van der Waals surface area contributed by atoms with E-state index in [-0.39, 0.29) is 11.3 Å². The zero-order chi connectivity index (χ0) is 13.9. The van der Waals surface area contributed by atoms with Gasteiger partial charge in [0, 0.05) is 13.0 Å². The number of hydrogen-bond donors (Lipinski definition) is 1. The van der Waals surface area contributed by atoms with Gasteiger partial charge in [0.25, 0.3) is 0 Å². The molecule has 1 N–H and O–H groups in total. The Labute approximate surface area is 109 Å². The summed E-state index contributed by atoms with van der Waals surface area (Å²) in [5, 5.41) is 11.3. The Morgan fingerprint density at radius 2 is 1.89 bits per heavy atom. The summed E-state index contributed by atoms with van der Waals surface area (Å²) in [7, 11) is 0. The largest absolute Gasteiger partial charge is 0.380 e. The van der Waals surface area contributed by atoms with Gasteiger partial charge in [0.05, 0.1) is 24.8 Å². The van der Waals surface area contributed by atoms with E-state index in [9.17, 15) is 8.78 Å². The van der Waals surface area contributed by atoms with E-state index in [1.165, 1.54) is 0 Å². The molecule has 102 valence electrons. The van der Waals surface area contributed by atoms with E-state index in [2.05, 4.69) is 5.32 Å². The molecule has 1 aromatic carbocycles. The van der Waals surface area contributed by atoms with Crippen LogP contribution in [0, 0.1) is 23.0 Å². The zero-order valence-electron chi connectivity index (χ0n) is 10.5. The van der Waals surface area contributed by atoms with Gasteiger partial charge in [-0.3, -0.25) is 0 Å². The van der Waals surface area contributed by atoms with Crippen molar-refractivity contribution in [2.75, 3.05) is 25.1 Å². The number of nitrogens with zero attached hydrogens (tertiary/aromatic N) is 1. The molecule has 6 heteroatoms. The van der Waals surface area contributed by atoms with E-state index >= 15 is 0 Å². The summed E-state index contributed by atoms with van der Waals surface area (Å²) < 4.78 is 37.9. The summed E-state index contributed by atoms with van der Waals surface area (Å²) in [5.74, 6) is -2.27. The maximum absolute atomic E-state index is 13.6. The minimum atomic E-state index is -0.782. The molecule has 2 rings (SSSR count). The van der Waals surface area contributed by atoms with Crippen molar-refractivity contribution in [1.29, 1.82) is 5.26 Å². The summed E-state index contributed by atoms with van der Waals surface area (Å²) in [6, 6.07) is 3.69. The molecule has 1 aromatic rings. The SMILES string of the molecule is CC1(CCNc2c(F)cc(C#N)cc2F)OCCO1. The predicted octanol–water partition coefficient (Wildman–Crippen LogP) is 2.40. The second kappa shape index (κ2) is 5.51. The first-order valence-electron chi connectivity index (χ1n) is 5.95. The van der Waals surface area contributed by atoms with Crippen LogP contribution in [0.2, 0.25) is 0 Å². The lowest BCUT2D eigenvalue weighted by atomic mass is 10.2. The summed E-state index contributed by atoms with van der Waals surface area (Å²) in [5.41, 5.74) is -0.282. The Morgan fingerprint density at radius 3 is 2.42 bits per heavy atom. The van der Waals surface area contributed by atoms with Gasteiger partial charge in [-0.05, 0) is 19.1 Å².